The predicted molar refractivity (Wildman–Crippen MR) is 120 cm³/mol. The van der Waals surface area contributed by atoms with Gasteiger partial charge in [0.2, 0.25) is 0 Å². The molecule has 0 bridgehead atoms. The lowest BCUT2D eigenvalue weighted by Crippen LogP contribution is -2.12. The molecule has 0 fully saturated rings. The van der Waals surface area contributed by atoms with Crippen molar-refractivity contribution in [3.63, 3.8) is 0 Å². The smallest absolute Gasteiger partial charge is 0.341 e. The molecule has 0 saturated carbocycles. The van der Waals surface area contributed by atoms with Gasteiger partial charge in [-0.2, -0.15) is 0 Å². The molecule has 0 atom stereocenters. The summed E-state index contributed by atoms with van der Waals surface area (Å²) in [6.45, 7) is 8.24. The summed E-state index contributed by atoms with van der Waals surface area (Å²) in [7, 11) is 0. The molecule has 0 aromatic heterocycles. The Kier molecular flexibility index (Phi) is 6.77. The zero-order valence-electron chi connectivity index (χ0n) is 18.2. The first-order valence-electron chi connectivity index (χ1n) is 10.1. The molecule has 4 heteroatoms. The molecule has 31 heavy (non-hydrogen) atoms. The SMILES string of the molecule is CCOC(=O)c1ccc(C#Cc2ccc(C(C)(C)C)c(Oc3ccccc3)c2)cc1F. The summed E-state index contributed by atoms with van der Waals surface area (Å²) in [6.07, 6.45) is 0. The minimum atomic E-state index is -0.681. The van der Waals surface area contributed by atoms with Gasteiger partial charge in [0.25, 0.3) is 0 Å². The van der Waals surface area contributed by atoms with Gasteiger partial charge in [-0.1, -0.05) is 56.9 Å². The van der Waals surface area contributed by atoms with Crippen LogP contribution in [0.3, 0.4) is 0 Å². The summed E-state index contributed by atoms with van der Waals surface area (Å²) in [6, 6.07) is 19.6. The molecular weight excluding hydrogens is 391 g/mol. The molecule has 0 heterocycles. The zero-order valence-corrected chi connectivity index (χ0v) is 18.2. The molecule has 0 amide bonds. The normalized spacial score (nSPS) is 10.7. The van der Waals surface area contributed by atoms with Gasteiger partial charge in [0.05, 0.1) is 12.2 Å². The quantitative estimate of drug-likeness (QED) is 0.360. The lowest BCUT2D eigenvalue weighted by Gasteiger charge is -2.23. The maximum Gasteiger partial charge on any atom is 0.341 e. The highest BCUT2D eigenvalue weighted by atomic mass is 19.1. The summed E-state index contributed by atoms with van der Waals surface area (Å²) < 4.78 is 25.2. The number of para-hydroxylation sites is 1. The lowest BCUT2D eigenvalue weighted by molar-refractivity contribution is 0.0521. The fourth-order valence-corrected chi connectivity index (χ4v) is 3.03. The average Bonchev–Trinajstić information content (AvgIpc) is 2.72. The van der Waals surface area contributed by atoms with Crippen LogP contribution < -0.4 is 4.74 Å². The third-order valence-electron chi connectivity index (χ3n) is 4.58. The molecule has 0 radical (unpaired) electrons. The van der Waals surface area contributed by atoms with Crippen LogP contribution >= 0.6 is 0 Å². The molecule has 3 rings (SSSR count). The second kappa shape index (κ2) is 9.49. The van der Waals surface area contributed by atoms with Gasteiger partial charge in [0, 0.05) is 16.7 Å². The van der Waals surface area contributed by atoms with Crippen molar-refractivity contribution in [2.24, 2.45) is 0 Å². The van der Waals surface area contributed by atoms with Crippen molar-refractivity contribution >= 4 is 5.97 Å². The number of carbonyl (C=O) groups is 1. The average molecular weight is 416 g/mol. The fraction of sp³-hybridized carbons (Fsp3) is 0.222. The van der Waals surface area contributed by atoms with E-state index in [1.54, 1.807) is 13.0 Å². The van der Waals surface area contributed by atoms with Crippen LogP contribution in [-0.4, -0.2) is 12.6 Å². The number of hydrogen-bond acceptors (Lipinski definition) is 3. The van der Waals surface area contributed by atoms with Crippen molar-refractivity contribution < 1.29 is 18.7 Å². The largest absolute Gasteiger partial charge is 0.462 e. The standard InChI is InChI=1S/C27H25FO3/c1-5-30-26(29)22-15-13-19(17-24(22)28)11-12-20-14-16-23(27(2,3)4)25(18-20)31-21-9-7-6-8-10-21/h6-10,13-18H,5H2,1-4H3. The molecule has 0 aliphatic rings. The molecule has 0 saturated heterocycles. The molecule has 0 N–H and O–H groups in total. The van der Waals surface area contributed by atoms with Crippen LogP contribution in [0, 0.1) is 17.7 Å². The van der Waals surface area contributed by atoms with Gasteiger partial charge < -0.3 is 9.47 Å². The molecule has 0 aliphatic heterocycles. The van der Waals surface area contributed by atoms with Crippen molar-refractivity contribution in [3.05, 3.63) is 94.8 Å². The van der Waals surface area contributed by atoms with E-state index in [0.29, 0.717) is 5.56 Å². The lowest BCUT2D eigenvalue weighted by atomic mass is 9.86. The van der Waals surface area contributed by atoms with Crippen LogP contribution in [-0.2, 0) is 10.2 Å². The van der Waals surface area contributed by atoms with Crippen molar-refractivity contribution in [3.8, 4) is 23.3 Å². The molecule has 3 nitrogen and oxygen atoms in total. The number of carbonyl (C=O) groups excluding carboxylic acids is 1. The molecule has 158 valence electrons. The highest BCUT2D eigenvalue weighted by Gasteiger charge is 2.19. The van der Waals surface area contributed by atoms with Crippen LogP contribution in [0.1, 0.15) is 54.7 Å². The maximum absolute atomic E-state index is 14.3. The predicted octanol–water partition coefficient (Wildman–Crippen LogP) is 6.49. The third kappa shape index (κ3) is 5.73. The van der Waals surface area contributed by atoms with Crippen LogP contribution in [0.4, 0.5) is 4.39 Å². The van der Waals surface area contributed by atoms with E-state index in [2.05, 4.69) is 32.6 Å². The highest BCUT2D eigenvalue weighted by Crippen LogP contribution is 2.34. The number of hydrogen-bond donors (Lipinski definition) is 0. The summed E-state index contributed by atoms with van der Waals surface area (Å²) in [5.41, 5.74) is 2.07. The third-order valence-corrected chi connectivity index (χ3v) is 4.58. The topological polar surface area (TPSA) is 35.5 Å². The van der Waals surface area contributed by atoms with E-state index in [9.17, 15) is 9.18 Å². The summed E-state index contributed by atoms with van der Waals surface area (Å²) in [4.78, 5) is 11.7. The minimum absolute atomic E-state index is 0.0968. The van der Waals surface area contributed by atoms with E-state index in [-0.39, 0.29) is 17.6 Å². The first kappa shape index (κ1) is 22.1. The van der Waals surface area contributed by atoms with Gasteiger partial charge in [-0.05, 0) is 54.8 Å². The van der Waals surface area contributed by atoms with Crippen molar-refractivity contribution in [2.75, 3.05) is 6.61 Å². The van der Waals surface area contributed by atoms with E-state index < -0.39 is 11.8 Å². The second-order valence-corrected chi connectivity index (χ2v) is 8.04. The first-order valence-corrected chi connectivity index (χ1v) is 10.1. The van der Waals surface area contributed by atoms with E-state index in [1.165, 1.54) is 12.1 Å². The Morgan fingerprint density at radius 2 is 1.58 bits per heavy atom. The Balaban J connectivity index is 1.91. The minimum Gasteiger partial charge on any atom is -0.462 e. The number of halogens is 1. The Hall–Kier alpha value is -3.58. The van der Waals surface area contributed by atoms with E-state index >= 15 is 0 Å². The fourth-order valence-electron chi connectivity index (χ4n) is 3.03. The first-order chi connectivity index (χ1) is 14.8. The summed E-state index contributed by atoms with van der Waals surface area (Å²) in [5.74, 6) is 6.15. The van der Waals surface area contributed by atoms with Gasteiger partial charge in [-0.3, -0.25) is 0 Å². The van der Waals surface area contributed by atoms with Gasteiger partial charge in [0.1, 0.15) is 17.3 Å². The Labute approximate surface area is 182 Å². The number of rotatable bonds is 4. The van der Waals surface area contributed by atoms with Crippen LogP contribution in [0.25, 0.3) is 0 Å². The van der Waals surface area contributed by atoms with E-state index in [1.807, 2.05) is 48.5 Å². The number of ether oxygens (including phenoxy) is 2. The monoisotopic (exact) mass is 416 g/mol. The number of esters is 1. The molecule has 3 aromatic rings. The van der Waals surface area contributed by atoms with Crippen molar-refractivity contribution in [2.45, 2.75) is 33.1 Å². The van der Waals surface area contributed by atoms with Crippen LogP contribution in [0.15, 0.2) is 66.7 Å². The van der Waals surface area contributed by atoms with Gasteiger partial charge in [0.15, 0.2) is 0 Å². The Morgan fingerprint density at radius 3 is 2.19 bits per heavy atom. The second-order valence-electron chi connectivity index (χ2n) is 8.04. The van der Waals surface area contributed by atoms with Gasteiger partial charge in [-0.25, -0.2) is 9.18 Å². The Morgan fingerprint density at radius 1 is 0.935 bits per heavy atom. The van der Waals surface area contributed by atoms with Crippen molar-refractivity contribution in [1.29, 1.82) is 0 Å². The van der Waals surface area contributed by atoms with Crippen LogP contribution in [0.2, 0.25) is 0 Å². The van der Waals surface area contributed by atoms with Gasteiger partial charge in [-0.15, -0.1) is 0 Å². The highest BCUT2D eigenvalue weighted by molar-refractivity contribution is 5.89. The van der Waals surface area contributed by atoms with E-state index in [4.69, 9.17) is 9.47 Å². The van der Waals surface area contributed by atoms with Crippen molar-refractivity contribution in [1.82, 2.24) is 0 Å². The molecule has 0 aliphatic carbocycles. The molecule has 3 aromatic carbocycles. The summed E-state index contributed by atoms with van der Waals surface area (Å²) in [5, 5.41) is 0. The summed E-state index contributed by atoms with van der Waals surface area (Å²) >= 11 is 0. The maximum atomic E-state index is 14.3. The number of benzene rings is 3. The molecular formula is C27H25FO3. The Bertz CT molecular complexity index is 1130. The van der Waals surface area contributed by atoms with E-state index in [0.717, 1.165) is 22.6 Å². The molecule has 0 spiro atoms. The van der Waals surface area contributed by atoms with Crippen LogP contribution in [0.5, 0.6) is 11.5 Å². The molecule has 0 unspecified atom stereocenters. The van der Waals surface area contributed by atoms with Gasteiger partial charge >= 0.3 is 5.97 Å². The zero-order chi connectivity index (χ0) is 22.4.